The van der Waals surface area contributed by atoms with E-state index < -0.39 is 356 Å². The van der Waals surface area contributed by atoms with Crippen molar-refractivity contribution in [1.82, 2.24) is 0 Å². The van der Waals surface area contributed by atoms with Gasteiger partial charge in [0.1, 0.15) is 66.8 Å². The van der Waals surface area contributed by atoms with Gasteiger partial charge in [-0.1, -0.05) is 19.7 Å². The third-order valence-electron chi connectivity index (χ3n) is 26.1. The van der Waals surface area contributed by atoms with Gasteiger partial charge < -0.3 is 111 Å². The molecule has 22 unspecified atom stereocenters. The fourth-order valence-corrected chi connectivity index (χ4v) is 16.4. The topological polar surface area (TPSA) is 432 Å². The van der Waals surface area contributed by atoms with Crippen LogP contribution < -0.4 is 0 Å². The number of hydrogen-bond acceptors (Lipinski definition) is 32. The molecular weight excluding hydrogens is 2050 g/mol. The normalized spacial score (nSPS) is 28.1. The van der Waals surface area contributed by atoms with Crippen molar-refractivity contribution < 1.29 is 273 Å². The Labute approximate surface area is 800 Å². The molecule has 2 aliphatic carbocycles. The van der Waals surface area contributed by atoms with Crippen molar-refractivity contribution in [3.8, 4) is 0 Å². The van der Waals surface area contributed by atoms with Gasteiger partial charge in [-0.25, -0.2) is 14.4 Å². The molecule has 828 valence electrons. The zero-order valence-electron chi connectivity index (χ0n) is 79.4. The molecule has 22 atom stereocenters. The number of rotatable bonds is 39. The summed E-state index contributed by atoms with van der Waals surface area (Å²) in [5.41, 5.74) is -43.5. The van der Waals surface area contributed by atoms with Crippen LogP contribution in [0.3, 0.4) is 0 Å². The number of carbonyl (C=O) groups is 9. The van der Waals surface area contributed by atoms with Gasteiger partial charge in [0.2, 0.25) is 0 Å². The van der Waals surface area contributed by atoms with E-state index >= 15 is 0 Å². The van der Waals surface area contributed by atoms with Crippen molar-refractivity contribution >= 4 is 53.7 Å². The lowest BCUT2D eigenvalue weighted by molar-refractivity contribution is -0.384. The third-order valence-corrected chi connectivity index (χ3v) is 26.1. The van der Waals surface area contributed by atoms with Gasteiger partial charge in [-0.3, -0.25) is 28.8 Å². The van der Waals surface area contributed by atoms with E-state index in [-0.39, 0.29) is 29.6 Å². The van der Waals surface area contributed by atoms with Crippen molar-refractivity contribution in [2.24, 2.45) is 34.5 Å². The van der Waals surface area contributed by atoms with Crippen LogP contribution in [0.25, 0.3) is 0 Å². The minimum Gasteiger partial charge on any atom is -0.459 e. The summed E-state index contributed by atoms with van der Waals surface area (Å²) in [6.45, 7) is 15.9. The molecule has 7 saturated heterocycles. The lowest BCUT2D eigenvalue weighted by atomic mass is 9.73. The van der Waals surface area contributed by atoms with Gasteiger partial charge >= 0.3 is 109 Å². The molecule has 9 fully saturated rings. The second-order valence-electron chi connectivity index (χ2n) is 40.8. The first kappa shape index (κ1) is 123. The first-order chi connectivity index (χ1) is 64.0. The van der Waals surface area contributed by atoms with Gasteiger partial charge in [-0.15, -0.1) is 0 Å². The Bertz CT molecular complexity index is 4530. The minimum atomic E-state index is -6.30. The quantitative estimate of drug-likeness (QED) is 0.0109. The molecule has 59 heteroatoms. The first-order valence-electron chi connectivity index (χ1n) is 43.0. The molecule has 0 aromatic carbocycles. The lowest BCUT2D eigenvalue weighted by Crippen LogP contribution is -2.62. The monoisotopic (exact) mass is 2150 g/mol. The van der Waals surface area contributed by atoms with E-state index in [0.717, 1.165) is 83.1 Å². The van der Waals surface area contributed by atoms with E-state index in [0.29, 0.717) is 20.8 Å². The molecule has 0 radical (unpaired) electrons. The van der Waals surface area contributed by atoms with Crippen LogP contribution in [0.5, 0.6) is 0 Å². The van der Waals surface area contributed by atoms with Gasteiger partial charge in [-0.2, -0.15) is 119 Å². The molecule has 6 N–H and O–H groups in total. The smallest absolute Gasteiger partial charge is 0.428 e. The molecule has 2 saturated carbocycles. The maximum atomic E-state index is 13.8. The Hall–Kier alpha value is -8.00. The summed E-state index contributed by atoms with van der Waals surface area (Å²) in [5, 5.41) is 58.3. The highest BCUT2D eigenvalue weighted by Crippen LogP contribution is 2.65. The Morgan fingerprint density at radius 3 is 0.993 bits per heavy atom. The number of aliphatic hydroxyl groups is 6. The predicted molar refractivity (Wildman–Crippen MR) is 419 cm³/mol. The molecule has 0 aromatic heterocycles. The van der Waals surface area contributed by atoms with E-state index in [1.54, 1.807) is 0 Å². The van der Waals surface area contributed by atoms with Crippen LogP contribution in [-0.2, 0) is 124 Å². The molecule has 32 nitrogen and oxygen atoms in total. The number of esters is 9. The van der Waals surface area contributed by atoms with Crippen LogP contribution in [0, 0.1) is 34.5 Å². The first-order valence-corrected chi connectivity index (χ1v) is 43.0. The highest BCUT2D eigenvalue weighted by molar-refractivity contribution is 6.04. The van der Waals surface area contributed by atoms with Gasteiger partial charge in [-0.05, 0) is 137 Å². The third kappa shape index (κ3) is 24.7. The van der Waals surface area contributed by atoms with Crippen molar-refractivity contribution in [2.45, 2.75) is 365 Å². The van der Waals surface area contributed by atoms with Gasteiger partial charge in [0.15, 0.2) is 52.0 Å². The van der Waals surface area contributed by atoms with E-state index in [2.05, 4.69) is 19.7 Å². The fraction of sp³-hybridized carbons (Fsp3) is 0.824. The minimum absolute atomic E-state index is 0.0117. The van der Waals surface area contributed by atoms with Crippen LogP contribution in [0.1, 0.15) is 163 Å². The molecule has 7 heterocycles. The van der Waals surface area contributed by atoms with Crippen molar-refractivity contribution in [1.29, 1.82) is 0 Å². The van der Waals surface area contributed by atoms with Crippen LogP contribution in [0.4, 0.5) is 119 Å². The molecular formula is C85H107F27O32. The van der Waals surface area contributed by atoms with E-state index in [1.807, 2.05) is 0 Å². The van der Waals surface area contributed by atoms with Crippen molar-refractivity contribution in [2.75, 3.05) is 39.6 Å². The summed E-state index contributed by atoms with van der Waals surface area (Å²) in [4.78, 5) is 117. The van der Waals surface area contributed by atoms with E-state index in [9.17, 15) is 192 Å². The molecule has 9 rings (SSSR count). The summed E-state index contributed by atoms with van der Waals surface area (Å²) in [5.74, 6) is -14.4. The lowest BCUT2D eigenvalue weighted by Gasteiger charge is -2.42. The van der Waals surface area contributed by atoms with Crippen LogP contribution in [0.15, 0.2) is 36.5 Å². The average molecular weight is 2150 g/mol. The number of hydrogen-bond donors (Lipinski definition) is 6. The molecule has 7 aliphatic heterocycles. The van der Waals surface area contributed by atoms with Crippen LogP contribution >= 0.6 is 0 Å². The Balaban J connectivity index is 0.000000293. The Kier molecular flexibility index (Phi) is 34.2. The molecule has 0 spiro atoms. The summed E-state index contributed by atoms with van der Waals surface area (Å²) in [6.07, 6.45) is -74.2. The molecule has 144 heavy (non-hydrogen) atoms. The molecule has 6 bridgehead atoms. The summed E-state index contributed by atoms with van der Waals surface area (Å²) < 4.78 is 450. The summed E-state index contributed by atoms with van der Waals surface area (Å²) in [6, 6.07) is 0. The average Bonchev–Trinajstić information content (AvgIpc) is 1.54. The Morgan fingerprint density at radius 1 is 0.361 bits per heavy atom. The fourth-order valence-electron chi connectivity index (χ4n) is 16.4. The predicted octanol–water partition coefficient (Wildman–Crippen LogP) is 11.6. The Morgan fingerprint density at radius 2 is 0.667 bits per heavy atom. The standard InChI is InChI=1S/C29H37F9O10.2C28H35F9O11/c1-13(2)19(39)47-17-14-8-15-18(17)48-21(41)25(15,9-14)20(40)46-16(10-22(3,4)44-11-24(7,42)27(30,31)32)23(5,6)45-12-26(43,28(33,34)35)29(36,37)38;1-12(2)18(38)47-15-13-8-24(17(45-13)16(15)48-20(24)40)19(39)46-14(9-21(3,4)43-10-23(7,41)26(29,30)31)22(5,6)44-11-25(42,27(32,33)34)28(35,36)37;1-11(2)19(38)47-17-15-13(14-16(46-15)18(17)48-21(14)40)20(39)45-12(8-22(3,4)43-9-24(7,41)26(29,30)31)23(5,6)44-10-25(42,27(32,33)34)28(35,36)37/h14-18,42-43H,1,8-12H2,2-7H3;13-17,41-42H,1,8-11H2,2-7H3;12-18,41-42H,1,8-10H2,2-7H3. The molecule has 9 aliphatic rings. The van der Waals surface area contributed by atoms with E-state index in [4.69, 9.17) is 80.5 Å². The summed E-state index contributed by atoms with van der Waals surface area (Å²) >= 11 is 0. The maximum Gasteiger partial charge on any atom is 0.428 e. The van der Waals surface area contributed by atoms with Crippen LogP contribution in [-0.4, -0.2) is 326 Å². The van der Waals surface area contributed by atoms with Crippen molar-refractivity contribution in [3.05, 3.63) is 36.5 Å². The largest absolute Gasteiger partial charge is 0.459 e. The highest BCUT2D eigenvalue weighted by Gasteiger charge is 2.81. The summed E-state index contributed by atoms with van der Waals surface area (Å²) in [7, 11) is 0. The van der Waals surface area contributed by atoms with E-state index in [1.165, 1.54) is 20.8 Å². The second kappa shape index (κ2) is 40.1. The number of halogens is 27. The number of ether oxygens (including phenoxy) is 17. The number of alkyl halides is 27. The van der Waals surface area contributed by atoms with Gasteiger partial charge in [0.05, 0.1) is 73.2 Å². The highest BCUT2D eigenvalue weighted by atomic mass is 19.5. The number of carbonyl (C=O) groups excluding carboxylic acids is 9. The maximum absolute atomic E-state index is 13.8. The SMILES string of the molecule is C=C(C)C(=O)OC1C2CC3(C(=O)OC(CC(C)(C)OCC(C)(O)C(F)(F)F)C(C)(C)OCC(O)(C(F)(F)F)C(F)(F)F)C(=O)OC1C3O2.C=C(C)C(=O)OC1C2CC3C1OC(=O)C3(C(=O)OC(CC(C)(C)OCC(C)(O)C(F)(F)F)C(C)(C)OCC(O)(C(F)(F)F)C(F)(F)F)C2.C=C(C)C(=O)OC1C2OC(=O)C3C2OC1C3C(=O)OC(CC(C)(C)OCC(C)(O)C(F)(F)F)C(C)(C)OCC(O)(C(F)(F)F)C(F)(F)F. The molecule has 0 amide bonds. The van der Waals surface area contributed by atoms with Gasteiger partial charge in [0.25, 0.3) is 16.8 Å². The zero-order chi connectivity index (χ0) is 112. The number of fused-ring (bicyclic) bond motifs is 3. The zero-order valence-corrected chi connectivity index (χ0v) is 79.4. The van der Waals surface area contributed by atoms with Crippen molar-refractivity contribution in [3.63, 3.8) is 0 Å². The van der Waals surface area contributed by atoms with Gasteiger partial charge in [0, 0.05) is 54.2 Å². The second-order valence-corrected chi connectivity index (χ2v) is 40.8. The molecule has 0 aromatic rings. The van der Waals surface area contributed by atoms with Crippen LogP contribution in [0.2, 0.25) is 0 Å².